The van der Waals surface area contributed by atoms with E-state index in [-0.39, 0.29) is 11.9 Å². The summed E-state index contributed by atoms with van der Waals surface area (Å²) in [6, 6.07) is 12.6. The Labute approximate surface area is 168 Å². The van der Waals surface area contributed by atoms with Crippen LogP contribution < -0.4 is 0 Å². The number of nitrogens with zero attached hydrogens (tertiary/aromatic N) is 5. The van der Waals surface area contributed by atoms with E-state index >= 15 is 0 Å². The molecule has 1 saturated heterocycles. The van der Waals surface area contributed by atoms with Gasteiger partial charge in [0.15, 0.2) is 0 Å². The number of piperidine rings is 1. The van der Waals surface area contributed by atoms with Crippen LogP contribution >= 0.6 is 0 Å². The van der Waals surface area contributed by atoms with E-state index in [9.17, 15) is 9.59 Å². The van der Waals surface area contributed by atoms with Gasteiger partial charge in [0.2, 0.25) is 0 Å². The van der Waals surface area contributed by atoms with Crippen LogP contribution in [0.3, 0.4) is 0 Å². The first-order valence-corrected chi connectivity index (χ1v) is 9.46. The molecule has 29 heavy (non-hydrogen) atoms. The Bertz CT molecular complexity index is 1020. The molecule has 3 aromatic rings. The Morgan fingerprint density at radius 2 is 1.93 bits per heavy atom. The average molecular weight is 391 g/mol. The molecule has 0 bridgehead atoms. The number of aromatic nitrogens is 4. The van der Waals surface area contributed by atoms with E-state index < -0.39 is 5.97 Å². The van der Waals surface area contributed by atoms with Gasteiger partial charge in [-0.3, -0.25) is 9.78 Å². The van der Waals surface area contributed by atoms with Gasteiger partial charge in [0.25, 0.3) is 5.91 Å². The lowest BCUT2D eigenvalue weighted by atomic mass is 10.0. The third kappa shape index (κ3) is 4.01. The summed E-state index contributed by atoms with van der Waals surface area (Å²) in [6.07, 6.45) is 5.16. The van der Waals surface area contributed by atoms with Crippen LogP contribution in [0.1, 0.15) is 39.6 Å². The van der Waals surface area contributed by atoms with Gasteiger partial charge in [-0.2, -0.15) is 0 Å². The summed E-state index contributed by atoms with van der Waals surface area (Å²) in [6.45, 7) is 1.31. The lowest BCUT2D eigenvalue weighted by molar-refractivity contribution is 0.0600. The number of likely N-dealkylation sites (tertiary alicyclic amines) is 1. The van der Waals surface area contributed by atoms with Gasteiger partial charge in [0.05, 0.1) is 30.6 Å². The van der Waals surface area contributed by atoms with Gasteiger partial charge in [-0.15, -0.1) is 5.10 Å². The van der Waals surface area contributed by atoms with Crippen molar-refractivity contribution < 1.29 is 14.3 Å². The summed E-state index contributed by atoms with van der Waals surface area (Å²) in [5.41, 5.74) is 2.22. The van der Waals surface area contributed by atoms with Crippen LogP contribution in [0.4, 0.5) is 0 Å². The van der Waals surface area contributed by atoms with Crippen molar-refractivity contribution in [2.75, 3.05) is 20.2 Å². The van der Waals surface area contributed by atoms with E-state index in [0.717, 1.165) is 19.4 Å². The normalized spacial score (nSPS) is 16.4. The van der Waals surface area contributed by atoms with Crippen molar-refractivity contribution >= 4 is 11.9 Å². The molecule has 0 unspecified atom stereocenters. The Kier molecular flexibility index (Phi) is 5.33. The van der Waals surface area contributed by atoms with Gasteiger partial charge in [-0.05, 0) is 37.1 Å². The van der Waals surface area contributed by atoms with Gasteiger partial charge in [0, 0.05) is 24.8 Å². The van der Waals surface area contributed by atoms with E-state index in [1.807, 2.05) is 41.4 Å². The van der Waals surface area contributed by atoms with Crippen molar-refractivity contribution in [1.29, 1.82) is 0 Å². The third-order valence-corrected chi connectivity index (χ3v) is 5.03. The molecule has 0 saturated carbocycles. The number of ether oxygens (including phenoxy) is 1. The standard InChI is InChI=1S/C21H21N5O3/c1-29-21(28)16-9-10-22-18(12-16)19-14-26(24-23-19)17-8-5-11-25(13-17)20(27)15-6-3-2-4-7-15/h2-4,6-7,9-10,12,14,17H,5,8,11,13H2,1H3/t17-/m1/s1. The molecule has 1 aliphatic rings. The van der Waals surface area contributed by atoms with Crippen LogP contribution in [0.5, 0.6) is 0 Å². The summed E-state index contributed by atoms with van der Waals surface area (Å²) in [5.74, 6) is -0.397. The number of esters is 1. The maximum absolute atomic E-state index is 12.8. The molecule has 148 valence electrons. The molecular formula is C21H21N5O3. The highest BCUT2D eigenvalue weighted by molar-refractivity contribution is 5.94. The summed E-state index contributed by atoms with van der Waals surface area (Å²) in [5, 5.41) is 8.46. The van der Waals surface area contributed by atoms with E-state index in [4.69, 9.17) is 4.74 Å². The topological polar surface area (TPSA) is 90.2 Å². The largest absolute Gasteiger partial charge is 0.465 e. The van der Waals surface area contributed by atoms with Crippen molar-refractivity contribution in [2.45, 2.75) is 18.9 Å². The number of hydrogen-bond acceptors (Lipinski definition) is 6. The zero-order chi connectivity index (χ0) is 20.2. The molecule has 8 nitrogen and oxygen atoms in total. The van der Waals surface area contributed by atoms with Crippen LogP contribution in [-0.4, -0.2) is 57.0 Å². The lowest BCUT2D eigenvalue weighted by Gasteiger charge is -2.32. The monoisotopic (exact) mass is 391 g/mol. The number of carbonyl (C=O) groups excluding carboxylic acids is 2. The van der Waals surface area contributed by atoms with E-state index in [2.05, 4.69) is 15.3 Å². The second kappa shape index (κ2) is 8.22. The van der Waals surface area contributed by atoms with Gasteiger partial charge in [-0.25, -0.2) is 9.48 Å². The smallest absolute Gasteiger partial charge is 0.337 e. The fourth-order valence-corrected chi connectivity index (χ4v) is 3.51. The Hall–Kier alpha value is -3.55. The van der Waals surface area contributed by atoms with Gasteiger partial charge >= 0.3 is 5.97 Å². The molecule has 1 aromatic carbocycles. The predicted octanol–water partition coefficient (Wildman–Crippen LogP) is 2.60. The molecule has 0 spiro atoms. The predicted molar refractivity (Wildman–Crippen MR) is 105 cm³/mol. The molecule has 1 atom stereocenters. The quantitative estimate of drug-likeness (QED) is 0.635. The zero-order valence-corrected chi connectivity index (χ0v) is 16.1. The molecule has 0 aliphatic carbocycles. The van der Waals surface area contributed by atoms with E-state index in [0.29, 0.717) is 29.1 Å². The molecule has 0 radical (unpaired) electrons. The lowest BCUT2D eigenvalue weighted by Crippen LogP contribution is -2.40. The zero-order valence-electron chi connectivity index (χ0n) is 16.1. The van der Waals surface area contributed by atoms with Gasteiger partial charge in [-0.1, -0.05) is 23.4 Å². The Balaban J connectivity index is 1.51. The minimum atomic E-state index is -0.427. The molecule has 8 heteroatoms. The number of hydrogen-bond donors (Lipinski definition) is 0. The maximum atomic E-state index is 12.8. The summed E-state index contributed by atoms with van der Waals surface area (Å²) in [4.78, 5) is 30.6. The van der Waals surface area contributed by atoms with Gasteiger partial charge in [0.1, 0.15) is 5.69 Å². The highest BCUT2D eigenvalue weighted by Crippen LogP contribution is 2.24. The first-order chi connectivity index (χ1) is 14.2. The SMILES string of the molecule is COC(=O)c1ccnc(-c2cn([C@@H]3CCCN(C(=O)c4ccccc4)C3)nn2)c1. The molecule has 2 aromatic heterocycles. The molecule has 4 rings (SSSR count). The highest BCUT2D eigenvalue weighted by atomic mass is 16.5. The van der Waals surface area contributed by atoms with Crippen LogP contribution in [0.15, 0.2) is 54.9 Å². The van der Waals surface area contributed by atoms with E-state index in [1.165, 1.54) is 7.11 Å². The Morgan fingerprint density at radius 1 is 1.10 bits per heavy atom. The van der Waals surface area contributed by atoms with Crippen molar-refractivity contribution in [3.05, 3.63) is 66.0 Å². The molecule has 0 N–H and O–H groups in total. The molecule has 1 amide bonds. The van der Waals surface area contributed by atoms with Crippen molar-refractivity contribution in [3.63, 3.8) is 0 Å². The number of methoxy groups -OCH3 is 1. The molecule has 1 aliphatic heterocycles. The number of rotatable bonds is 4. The highest BCUT2D eigenvalue weighted by Gasteiger charge is 2.26. The first kappa shape index (κ1) is 18.8. The second-order valence-electron chi connectivity index (χ2n) is 6.92. The molecule has 3 heterocycles. The summed E-state index contributed by atoms with van der Waals surface area (Å²) < 4.78 is 6.54. The van der Waals surface area contributed by atoms with Crippen molar-refractivity contribution in [1.82, 2.24) is 24.9 Å². The van der Waals surface area contributed by atoms with Crippen LogP contribution in [0.2, 0.25) is 0 Å². The average Bonchev–Trinajstić information content (AvgIpc) is 3.29. The van der Waals surface area contributed by atoms with Crippen LogP contribution in [0.25, 0.3) is 11.4 Å². The molecule has 1 fully saturated rings. The van der Waals surface area contributed by atoms with Crippen molar-refractivity contribution in [2.24, 2.45) is 0 Å². The maximum Gasteiger partial charge on any atom is 0.337 e. The fraction of sp³-hybridized carbons (Fsp3) is 0.286. The third-order valence-electron chi connectivity index (χ3n) is 5.03. The second-order valence-corrected chi connectivity index (χ2v) is 6.92. The first-order valence-electron chi connectivity index (χ1n) is 9.46. The number of pyridine rings is 1. The Morgan fingerprint density at radius 3 is 2.72 bits per heavy atom. The number of carbonyl (C=O) groups is 2. The van der Waals surface area contributed by atoms with E-state index in [1.54, 1.807) is 23.0 Å². The van der Waals surface area contributed by atoms with Crippen molar-refractivity contribution in [3.8, 4) is 11.4 Å². The van der Waals surface area contributed by atoms with Gasteiger partial charge < -0.3 is 9.64 Å². The summed E-state index contributed by atoms with van der Waals surface area (Å²) >= 11 is 0. The van der Waals surface area contributed by atoms with Crippen LogP contribution in [-0.2, 0) is 4.74 Å². The number of amides is 1. The minimum absolute atomic E-state index is 0.0306. The number of benzene rings is 1. The summed E-state index contributed by atoms with van der Waals surface area (Å²) in [7, 11) is 1.34. The fourth-order valence-electron chi connectivity index (χ4n) is 3.51. The van der Waals surface area contributed by atoms with Crippen LogP contribution in [0, 0.1) is 0 Å². The minimum Gasteiger partial charge on any atom is -0.465 e. The molecular weight excluding hydrogens is 370 g/mol.